The van der Waals surface area contributed by atoms with Crippen LogP contribution in [0.5, 0.6) is 11.5 Å². The van der Waals surface area contributed by atoms with Crippen molar-refractivity contribution in [3.05, 3.63) is 59.0 Å². The molecule has 0 N–H and O–H groups in total. The first-order valence-electron chi connectivity index (χ1n) is 9.38. The number of rotatable bonds is 8. The minimum atomic E-state index is 0.0868. The second kappa shape index (κ2) is 9.22. The van der Waals surface area contributed by atoms with E-state index in [1.165, 1.54) is 5.56 Å². The molecule has 2 aromatic heterocycles. The first-order chi connectivity index (χ1) is 13.9. The molecule has 0 aliphatic rings. The average molecular weight is 414 g/mol. The normalized spacial score (nSPS) is 10.9. The number of amides is 1. The maximum absolute atomic E-state index is 12.6. The third-order valence-electron chi connectivity index (χ3n) is 4.80. The second-order valence-electron chi connectivity index (χ2n) is 7.08. The number of nitrogens with zero attached hydrogens (tertiary/aromatic N) is 3. The Bertz CT molecular complexity index is 1020. The van der Waals surface area contributed by atoms with Crippen molar-refractivity contribution in [1.82, 2.24) is 14.3 Å². The van der Waals surface area contributed by atoms with Gasteiger partial charge in [-0.15, -0.1) is 11.8 Å². The molecule has 3 rings (SSSR count). The number of thioether (sulfide) groups is 1. The van der Waals surface area contributed by atoms with Crippen molar-refractivity contribution in [2.75, 3.05) is 27.0 Å². The Balaban J connectivity index is 1.56. The third-order valence-corrected chi connectivity index (χ3v) is 5.75. The average Bonchev–Trinajstić information content (AvgIpc) is 3.10. The first-order valence-corrected chi connectivity index (χ1v) is 10.5. The van der Waals surface area contributed by atoms with E-state index in [-0.39, 0.29) is 5.91 Å². The predicted molar refractivity (Wildman–Crippen MR) is 117 cm³/mol. The Kier molecular flexibility index (Phi) is 6.69. The third kappa shape index (κ3) is 5.03. The summed E-state index contributed by atoms with van der Waals surface area (Å²) in [5, 5.41) is 0. The summed E-state index contributed by atoms with van der Waals surface area (Å²) in [6, 6.07) is 7.93. The van der Waals surface area contributed by atoms with E-state index in [1.807, 2.05) is 48.8 Å². The molecule has 0 aliphatic carbocycles. The fraction of sp³-hybridized carbons (Fsp3) is 0.364. The molecule has 6 nitrogen and oxygen atoms in total. The standard InChI is InChI=1S/C22H27N3O3S/c1-15-6-7-21-23-18(12-25(21)10-15)13-29-14-22(26)24(3)11-17-9-20(28-5)19(27-4)8-16(17)2/h6-10,12H,11,13-14H2,1-5H3. The molecule has 0 spiro atoms. The van der Waals surface area contributed by atoms with E-state index in [0.29, 0.717) is 29.5 Å². The summed E-state index contributed by atoms with van der Waals surface area (Å²) < 4.78 is 12.7. The lowest BCUT2D eigenvalue weighted by Crippen LogP contribution is -2.28. The molecule has 0 bridgehead atoms. The van der Waals surface area contributed by atoms with Crippen LogP contribution in [0.1, 0.15) is 22.4 Å². The van der Waals surface area contributed by atoms with Gasteiger partial charge in [-0.3, -0.25) is 4.79 Å². The second-order valence-corrected chi connectivity index (χ2v) is 8.07. The summed E-state index contributed by atoms with van der Waals surface area (Å²) in [7, 11) is 5.06. The smallest absolute Gasteiger partial charge is 0.232 e. The number of benzene rings is 1. The van der Waals surface area contributed by atoms with Crippen molar-refractivity contribution in [1.29, 1.82) is 0 Å². The SMILES string of the molecule is COc1cc(C)c(CN(C)C(=O)CSCc2cn3cc(C)ccc3n2)cc1OC. The fourth-order valence-electron chi connectivity index (χ4n) is 3.11. The maximum Gasteiger partial charge on any atom is 0.232 e. The van der Waals surface area contributed by atoms with Crippen molar-refractivity contribution in [3.63, 3.8) is 0 Å². The number of imidazole rings is 1. The Morgan fingerprint density at radius 2 is 1.86 bits per heavy atom. The minimum Gasteiger partial charge on any atom is -0.493 e. The van der Waals surface area contributed by atoms with Gasteiger partial charge in [0.25, 0.3) is 0 Å². The lowest BCUT2D eigenvalue weighted by molar-refractivity contribution is -0.127. The summed E-state index contributed by atoms with van der Waals surface area (Å²) in [4.78, 5) is 18.9. The molecule has 0 radical (unpaired) electrons. The minimum absolute atomic E-state index is 0.0868. The van der Waals surface area contributed by atoms with E-state index >= 15 is 0 Å². The van der Waals surface area contributed by atoms with Crippen LogP contribution in [0.2, 0.25) is 0 Å². The number of methoxy groups -OCH3 is 2. The molecule has 0 saturated carbocycles. The van der Waals surface area contributed by atoms with Crippen LogP contribution in [0.15, 0.2) is 36.7 Å². The highest BCUT2D eigenvalue weighted by Gasteiger charge is 2.14. The summed E-state index contributed by atoms with van der Waals surface area (Å²) in [6.45, 7) is 4.59. The molecule has 0 atom stereocenters. The van der Waals surface area contributed by atoms with Crippen LogP contribution in [-0.2, 0) is 17.1 Å². The number of hydrogen-bond acceptors (Lipinski definition) is 5. The lowest BCUT2D eigenvalue weighted by atomic mass is 10.1. The van der Waals surface area contributed by atoms with Gasteiger partial charge in [0.15, 0.2) is 11.5 Å². The zero-order chi connectivity index (χ0) is 21.0. The highest BCUT2D eigenvalue weighted by molar-refractivity contribution is 7.99. The van der Waals surface area contributed by atoms with Crippen molar-refractivity contribution in [2.45, 2.75) is 26.1 Å². The molecule has 1 aromatic carbocycles. The van der Waals surface area contributed by atoms with E-state index in [4.69, 9.17) is 9.47 Å². The highest BCUT2D eigenvalue weighted by atomic mass is 32.2. The van der Waals surface area contributed by atoms with Crippen molar-refractivity contribution < 1.29 is 14.3 Å². The monoisotopic (exact) mass is 413 g/mol. The van der Waals surface area contributed by atoms with Gasteiger partial charge < -0.3 is 18.8 Å². The number of carbonyl (C=O) groups excluding carboxylic acids is 1. The molecule has 0 aliphatic heterocycles. The quantitative estimate of drug-likeness (QED) is 0.561. The maximum atomic E-state index is 12.6. The van der Waals surface area contributed by atoms with Gasteiger partial charge in [0.1, 0.15) is 5.65 Å². The molecule has 0 unspecified atom stereocenters. The Hall–Kier alpha value is -2.67. The lowest BCUT2D eigenvalue weighted by Gasteiger charge is -2.20. The number of fused-ring (bicyclic) bond motifs is 1. The van der Waals surface area contributed by atoms with Gasteiger partial charge in [0, 0.05) is 31.7 Å². The van der Waals surface area contributed by atoms with Gasteiger partial charge in [-0.1, -0.05) is 6.07 Å². The van der Waals surface area contributed by atoms with Gasteiger partial charge in [-0.25, -0.2) is 4.98 Å². The number of ether oxygens (including phenoxy) is 2. The van der Waals surface area contributed by atoms with Gasteiger partial charge in [-0.05, 0) is 48.7 Å². The molecule has 0 fully saturated rings. The van der Waals surface area contributed by atoms with Crippen LogP contribution >= 0.6 is 11.8 Å². The molecule has 1 amide bonds. The van der Waals surface area contributed by atoms with E-state index in [1.54, 1.807) is 30.9 Å². The van der Waals surface area contributed by atoms with Crippen LogP contribution in [-0.4, -0.2) is 47.2 Å². The molecule has 7 heteroatoms. The Morgan fingerprint density at radius 1 is 1.14 bits per heavy atom. The van der Waals surface area contributed by atoms with Crippen LogP contribution in [0.3, 0.4) is 0 Å². The predicted octanol–water partition coefficient (Wildman–Crippen LogP) is 3.86. The van der Waals surface area contributed by atoms with E-state index in [0.717, 1.165) is 22.5 Å². The molecular formula is C22H27N3O3S. The van der Waals surface area contributed by atoms with Crippen LogP contribution < -0.4 is 9.47 Å². The van der Waals surface area contributed by atoms with Crippen LogP contribution in [0.4, 0.5) is 0 Å². The van der Waals surface area contributed by atoms with Gasteiger partial charge in [0.05, 0.1) is 25.7 Å². The number of pyridine rings is 1. The van der Waals surface area contributed by atoms with E-state index in [2.05, 4.69) is 18.1 Å². The highest BCUT2D eigenvalue weighted by Crippen LogP contribution is 2.30. The molecule has 2 heterocycles. The Labute approximate surface area is 175 Å². The topological polar surface area (TPSA) is 56.1 Å². The number of hydrogen-bond donors (Lipinski definition) is 0. The molecule has 154 valence electrons. The van der Waals surface area contributed by atoms with Gasteiger partial charge in [-0.2, -0.15) is 0 Å². The zero-order valence-corrected chi connectivity index (χ0v) is 18.4. The van der Waals surface area contributed by atoms with E-state index < -0.39 is 0 Å². The van der Waals surface area contributed by atoms with Crippen molar-refractivity contribution >= 4 is 23.3 Å². The van der Waals surface area contributed by atoms with E-state index in [9.17, 15) is 4.79 Å². The largest absolute Gasteiger partial charge is 0.493 e. The molecule has 0 saturated heterocycles. The summed E-state index contributed by atoms with van der Waals surface area (Å²) >= 11 is 1.58. The number of aromatic nitrogens is 2. The zero-order valence-electron chi connectivity index (χ0n) is 17.6. The summed E-state index contributed by atoms with van der Waals surface area (Å²) in [5.41, 5.74) is 5.20. The Morgan fingerprint density at radius 3 is 2.59 bits per heavy atom. The summed E-state index contributed by atoms with van der Waals surface area (Å²) in [6.07, 6.45) is 4.08. The van der Waals surface area contributed by atoms with Crippen LogP contribution in [0.25, 0.3) is 5.65 Å². The van der Waals surface area contributed by atoms with Crippen molar-refractivity contribution in [3.8, 4) is 11.5 Å². The summed E-state index contributed by atoms with van der Waals surface area (Å²) in [5.74, 6) is 2.57. The van der Waals surface area contributed by atoms with Gasteiger partial charge >= 0.3 is 0 Å². The number of aryl methyl sites for hydroxylation is 2. The van der Waals surface area contributed by atoms with Gasteiger partial charge in [0.2, 0.25) is 5.91 Å². The first kappa shape index (κ1) is 21.0. The molecule has 29 heavy (non-hydrogen) atoms. The van der Waals surface area contributed by atoms with Crippen molar-refractivity contribution in [2.24, 2.45) is 0 Å². The fourth-order valence-corrected chi connectivity index (χ4v) is 3.96. The number of carbonyl (C=O) groups is 1. The van der Waals surface area contributed by atoms with Crippen LogP contribution in [0, 0.1) is 13.8 Å². The molecular weight excluding hydrogens is 386 g/mol. The molecule has 3 aromatic rings.